The van der Waals surface area contributed by atoms with Crippen LogP contribution >= 0.6 is 15.9 Å². The van der Waals surface area contributed by atoms with E-state index in [2.05, 4.69) is 15.9 Å². The Hall–Kier alpha value is -1.56. The molecule has 0 bridgehead atoms. The zero-order chi connectivity index (χ0) is 16.7. The largest absolute Gasteiger partial charge is 0.494 e. The van der Waals surface area contributed by atoms with Gasteiger partial charge in [-0.25, -0.2) is 0 Å². The zero-order valence-electron chi connectivity index (χ0n) is 13.3. The van der Waals surface area contributed by atoms with Crippen LogP contribution in [0.1, 0.15) is 25.7 Å². The first-order valence-electron chi connectivity index (χ1n) is 7.84. The highest BCUT2D eigenvalue weighted by Gasteiger charge is 2.27. The maximum Gasteiger partial charge on any atom is 0.308 e. The first-order valence-corrected chi connectivity index (χ1v) is 8.63. The lowest BCUT2D eigenvalue weighted by molar-refractivity contribution is -0.148. The summed E-state index contributed by atoms with van der Waals surface area (Å²) < 4.78 is 11.4. The molecule has 1 aliphatic heterocycles. The maximum absolute atomic E-state index is 12.2. The topological polar surface area (TPSA) is 55.8 Å². The molecule has 1 amide bonds. The molecule has 0 aromatic heterocycles. The normalized spacial score (nSPS) is 15.3. The van der Waals surface area contributed by atoms with Crippen molar-refractivity contribution in [2.75, 3.05) is 26.8 Å². The number of likely N-dealkylation sites (tertiary alicyclic amines) is 1. The van der Waals surface area contributed by atoms with Crippen molar-refractivity contribution in [3.05, 3.63) is 28.7 Å². The van der Waals surface area contributed by atoms with Gasteiger partial charge in [0.1, 0.15) is 5.75 Å². The predicted molar refractivity (Wildman–Crippen MR) is 90.2 cm³/mol. The van der Waals surface area contributed by atoms with Crippen LogP contribution in [0, 0.1) is 5.92 Å². The van der Waals surface area contributed by atoms with Gasteiger partial charge in [0.05, 0.1) is 19.6 Å². The van der Waals surface area contributed by atoms with Gasteiger partial charge in [0.2, 0.25) is 5.91 Å². The summed E-state index contributed by atoms with van der Waals surface area (Å²) in [5, 5.41) is 0. The van der Waals surface area contributed by atoms with Gasteiger partial charge in [-0.05, 0) is 37.5 Å². The van der Waals surface area contributed by atoms with Crippen molar-refractivity contribution in [2.24, 2.45) is 5.92 Å². The molecule has 0 aliphatic carbocycles. The SMILES string of the molecule is COC(=O)C1CCN(C(=O)CCCOc2cccc(Br)c2)CC1. The van der Waals surface area contributed by atoms with Gasteiger partial charge in [0.25, 0.3) is 0 Å². The molecule has 0 atom stereocenters. The molecule has 1 heterocycles. The van der Waals surface area contributed by atoms with Crippen LogP contribution in [0.4, 0.5) is 0 Å². The Labute approximate surface area is 145 Å². The number of methoxy groups -OCH3 is 1. The molecule has 1 saturated heterocycles. The van der Waals surface area contributed by atoms with E-state index in [-0.39, 0.29) is 17.8 Å². The number of nitrogens with zero attached hydrogens (tertiary/aromatic N) is 1. The fraction of sp³-hybridized carbons (Fsp3) is 0.529. The summed E-state index contributed by atoms with van der Waals surface area (Å²) in [5.41, 5.74) is 0. The second kappa shape index (κ2) is 8.91. The van der Waals surface area contributed by atoms with Gasteiger partial charge in [-0.2, -0.15) is 0 Å². The molecule has 1 aromatic carbocycles. The van der Waals surface area contributed by atoms with Crippen molar-refractivity contribution in [3.8, 4) is 5.75 Å². The van der Waals surface area contributed by atoms with Crippen molar-refractivity contribution in [1.82, 2.24) is 4.90 Å². The number of piperidine rings is 1. The number of carbonyl (C=O) groups is 2. The summed E-state index contributed by atoms with van der Waals surface area (Å²) in [4.78, 5) is 25.5. The van der Waals surface area contributed by atoms with Crippen LogP contribution in [0.25, 0.3) is 0 Å². The number of rotatable bonds is 6. The van der Waals surface area contributed by atoms with E-state index < -0.39 is 0 Å². The molecule has 1 aliphatic rings. The molecule has 0 radical (unpaired) electrons. The number of amides is 1. The summed E-state index contributed by atoms with van der Waals surface area (Å²) in [7, 11) is 1.41. The van der Waals surface area contributed by atoms with E-state index in [9.17, 15) is 9.59 Å². The standard InChI is InChI=1S/C17H22BrNO4/c1-22-17(21)13-7-9-19(10-8-13)16(20)6-3-11-23-15-5-2-4-14(18)12-15/h2,4-5,12-13H,3,6-11H2,1H3. The van der Waals surface area contributed by atoms with E-state index in [1.54, 1.807) is 0 Å². The Balaban J connectivity index is 1.65. The second-order valence-electron chi connectivity index (χ2n) is 5.59. The predicted octanol–water partition coefficient (Wildman–Crippen LogP) is 3.02. The lowest BCUT2D eigenvalue weighted by Crippen LogP contribution is -2.40. The number of esters is 1. The highest BCUT2D eigenvalue weighted by molar-refractivity contribution is 9.10. The number of benzene rings is 1. The molecule has 1 fully saturated rings. The minimum Gasteiger partial charge on any atom is -0.494 e. The highest BCUT2D eigenvalue weighted by atomic mass is 79.9. The van der Waals surface area contributed by atoms with Crippen molar-refractivity contribution in [1.29, 1.82) is 0 Å². The fourth-order valence-corrected chi connectivity index (χ4v) is 3.04. The Morgan fingerprint density at radius 2 is 2.04 bits per heavy atom. The van der Waals surface area contributed by atoms with Crippen LogP contribution in [-0.2, 0) is 14.3 Å². The lowest BCUT2D eigenvalue weighted by Gasteiger charge is -2.30. The minimum atomic E-state index is -0.167. The van der Waals surface area contributed by atoms with Gasteiger partial charge in [-0.15, -0.1) is 0 Å². The van der Waals surface area contributed by atoms with Crippen molar-refractivity contribution in [2.45, 2.75) is 25.7 Å². The van der Waals surface area contributed by atoms with Crippen LogP contribution in [0.2, 0.25) is 0 Å². The molecule has 5 nitrogen and oxygen atoms in total. The second-order valence-corrected chi connectivity index (χ2v) is 6.50. The van der Waals surface area contributed by atoms with Gasteiger partial charge in [-0.1, -0.05) is 22.0 Å². The fourth-order valence-electron chi connectivity index (χ4n) is 2.66. The Bertz CT molecular complexity index is 541. The molecule has 0 saturated carbocycles. The molecule has 126 valence electrons. The molecule has 1 aromatic rings. The summed E-state index contributed by atoms with van der Waals surface area (Å²) in [6, 6.07) is 7.65. The van der Waals surface area contributed by atoms with E-state index in [0.29, 0.717) is 45.4 Å². The van der Waals surface area contributed by atoms with Gasteiger partial charge in [-0.3, -0.25) is 9.59 Å². The Kier molecular flexibility index (Phi) is 6.89. The molecular formula is C17H22BrNO4. The molecule has 23 heavy (non-hydrogen) atoms. The highest BCUT2D eigenvalue weighted by Crippen LogP contribution is 2.20. The minimum absolute atomic E-state index is 0.0658. The number of hydrogen-bond donors (Lipinski definition) is 0. The zero-order valence-corrected chi connectivity index (χ0v) is 14.9. The number of carbonyl (C=O) groups excluding carboxylic acids is 2. The van der Waals surface area contributed by atoms with E-state index in [0.717, 1.165) is 10.2 Å². The van der Waals surface area contributed by atoms with E-state index >= 15 is 0 Å². The lowest BCUT2D eigenvalue weighted by atomic mass is 9.97. The molecule has 0 unspecified atom stereocenters. The smallest absolute Gasteiger partial charge is 0.308 e. The average Bonchev–Trinajstić information content (AvgIpc) is 2.58. The Morgan fingerprint density at radius 1 is 1.30 bits per heavy atom. The van der Waals surface area contributed by atoms with Gasteiger partial charge in [0, 0.05) is 24.0 Å². The summed E-state index contributed by atoms with van der Waals surface area (Å²) in [6.07, 6.45) is 2.53. The molecular weight excluding hydrogens is 362 g/mol. The summed E-state index contributed by atoms with van der Waals surface area (Å²) >= 11 is 3.39. The van der Waals surface area contributed by atoms with Crippen LogP contribution < -0.4 is 4.74 Å². The van der Waals surface area contributed by atoms with Crippen molar-refractivity contribution in [3.63, 3.8) is 0 Å². The van der Waals surface area contributed by atoms with E-state index in [1.165, 1.54) is 7.11 Å². The third-order valence-electron chi connectivity index (χ3n) is 3.98. The monoisotopic (exact) mass is 383 g/mol. The molecule has 0 spiro atoms. The first kappa shape index (κ1) is 17.8. The quantitative estimate of drug-likeness (QED) is 0.559. The van der Waals surface area contributed by atoms with Gasteiger partial charge >= 0.3 is 5.97 Å². The molecule has 0 N–H and O–H groups in total. The Morgan fingerprint density at radius 3 is 2.70 bits per heavy atom. The third-order valence-corrected chi connectivity index (χ3v) is 4.48. The molecule has 6 heteroatoms. The number of halogens is 1. The van der Waals surface area contributed by atoms with E-state index in [4.69, 9.17) is 9.47 Å². The van der Waals surface area contributed by atoms with Crippen LogP contribution in [-0.4, -0.2) is 43.6 Å². The number of ether oxygens (including phenoxy) is 2. The average molecular weight is 384 g/mol. The van der Waals surface area contributed by atoms with E-state index in [1.807, 2.05) is 29.2 Å². The van der Waals surface area contributed by atoms with Crippen molar-refractivity contribution < 1.29 is 19.1 Å². The maximum atomic E-state index is 12.2. The van der Waals surface area contributed by atoms with Crippen LogP contribution in [0.15, 0.2) is 28.7 Å². The first-order chi connectivity index (χ1) is 11.1. The van der Waals surface area contributed by atoms with Crippen LogP contribution in [0.5, 0.6) is 5.75 Å². The summed E-state index contributed by atoms with van der Waals surface area (Å²) in [5.74, 6) is 0.695. The molecule has 2 rings (SSSR count). The van der Waals surface area contributed by atoms with Crippen LogP contribution in [0.3, 0.4) is 0 Å². The van der Waals surface area contributed by atoms with Crippen molar-refractivity contribution >= 4 is 27.8 Å². The van der Waals surface area contributed by atoms with Gasteiger partial charge < -0.3 is 14.4 Å². The third kappa shape index (κ3) is 5.53. The summed E-state index contributed by atoms with van der Waals surface area (Å²) in [6.45, 7) is 1.77. The number of hydrogen-bond acceptors (Lipinski definition) is 4. The van der Waals surface area contributed by atoms with Gasteiger partial charge in [0.15, 0.2) is 0 Å².